The van der Waals surface area contributed by atoms with Crippen molar-refractivity contribution in [1.82, 2.24) is 19.9 Å². The smallest absolute Gasteiger partial charge is 0.244 e. The number of nitrogens with zero attached hydrogens (tertiary/aromatic N) is 4. The summed E-state index contributed by atoms with van der Waals surface area (Å²) in [6.45, 7) is 3.60. The molecule has 0 saturated carbocycles. The Hall–Kier alpha value is -1.43. The van der Waals surface area contributed by atoms with E-state index in [2.05, 4.69) is 17.2 Å². The molecule has 1 atom stereocenters. The van der Waals surface area contributed by atoms with Crippen LogP contribution in [0.4, 0.5) is 0 Å². The Morgan fingerprint density at radius 3 is 3.06 bits per heavy atom. The molecular weight excluding hydrogens is 230 g/mol. The second kappa shape index (κ2) is 5.95. The van der Waals surface area contributed by atoms with E-state index in [1.54, 1.807) is 10.9 Å². The van der Waals surface area contributed by atoms with Crippen LogP contribution in [-0.2, 0) is 17.9 Å². The van der Waals surface area contributed by atoms with E-state index in [4.69, 9.17) is 5.73 Å². The fourth-order valence-electron chi connectivity index (χ4n) is 2.38. The quantitative estimate of drug-likeness (QED) is 0.850. The highest BCUT2D eigenvalue weighted by molar-refractivity contribution is 5.76. The maximum Gasteiger partial charge on any atom is 0.244 e. The van der Waals surface area contributed by atoms with Gasteiger partial charge in [-0.15, -0.1) is 5.10 Å². The van der Waals surface area contributed by atoms with Gasteiger partial charge in [-0.3, -0.25) is 4.79 Å². The van der Waals surface area contributed by atoms with E-state index in [1.165, 1.54) is 12.8 Å². The molecule has 0 bridgehead atoms. The second-order valence-corrected chi connectivity index (χ2v) is 4.90. The third-order valence-electron chi connectivity index (χ3n) is 3.47. The summed E-state index contributed by atoms with van der Waals surface area (Å²) in [5, 5.41) is 7.80. The average Bonchev–Trinajstić information content (AvgIpc) is 2.69. The molecule has 1 aliphatic heterocycles. The molecule has 0 aliphatic carbocycles. The predicted molar refractivity (Wildman–Crippen MR) is 67.6 cm³/mol. The lowest BCUT2D eigenvalue weighted by Crippen LogP contribution is -2.40. The fraction of sp³-hybridized carbons (Fsp3) is 0.750. The van der Waals surface area contributed by atoms with Crippen LogP contribution in [0.5, 0.6) is 0 Å². The molecule has 1 aliphatic rings. The molecule has 2 rings (SSSR count). The van der Waals surface area contributed by atoms with Crippen molar-refractivity contribution >= 4 is 5.91 Å². The normalized spacial score (nSPS) is 20.8. The first-order valence-electron chi connectivity index (χ1n) is 6.59. The van der Waals surface area contributed by atoms with Crippen LogP contribution in [0, 0.1) is 0 Å². The average molecular weight is 251 g/mol. The zero-order chi connectivity index (χ0) is 13.0. The van der Waals surface area contributed by atoms with Crippen LogP contribution < -0.4 is 5.73 Å². The Kier molecular flexibility index (Phi) is 4.30. The largest absolute Gasteiger partial charge is 0.338 e. The highest BCUT2D eigenvalue weighted by Gasteiger charge is 2.22. The Labute approximate surface area is 107 Å². The number of nitrogens with two attached hydrogens (primary N) is 1. The Morgan fingerprint density at radius 2 is 2.33 bits per heavy atom. The zero-order valence-electron chi connectivity index (χ0n) is 10.9. The summed E-state index contributed by atoms with van der Waals surface area (Å²) in [6.07, 6.45) is 6.36. The number of carbonyl (C=O) groups excluding carboxylic acids is 1. The first-order valence-corrected chi connectivity index (χ1v) is 6.59. The van der Waals surface area contributed by atoms with Gasteiger partial charge in [0.05, 0.1) is 11.9 Å². The topological polar surface area (TPSA) is 77.0 Å². The third kappa shape index (κ3) is 3.07. The Bertz CT molecular complexity index is 403. The minimum Gasteiger partial charge on any atom is -0.338 e. The van der Waals surface area contributed by atoms with Crippen molar-refractivity contribution in [2.45, 2.75) is 51.7 Å². The van der Waals surface area contributed by atoms with Crippen LogP contribution in [0.15, 0.2) is 6.20 Å². The highest BCUT2D eigenvalue weighted by atomic mass is 16.2. The lowest BCUT2D eigenvalue weighted by atomic mass is 10.1. The maximum absolute atomic E-state index is 12.2. The van der Waals surface area contributed by atoms with Crippen molar-refractivity contribution in [3.8, 4) is 0 Å². The number of hydrogen-bond acceptors (Lipinski definition) is 4. The zero-order valence-corrected chi connectivity index (χ0v) is 10.9. The molecule has 0 aromatic carbocycles. The van der Waals surface area contributed by atoms with Gasteiger partial charge in [-0.2, -0.15) is 0 Å². The molecule has 18 heavy (non-hydrogen) atoms. The molecule has 6 heteroatoms. The minimum atomic E-state index is 0.123. The molecule has 1 aromatic rings. The van der Waals surface area contributed by atoms with Crippen molar-refractivity contribution in [2.24, 2.45) is 5.73 Å². The van der Waals surface area contributed by atoms with Gasteiger partial charge in [0.2, 0.25) is 5.91 Å². The summed E-state index contributed by atoms with van der Waals surface area (Å²) in [6, 6.07) is 0.331. The van der Waals surface area contributed by atoms with E-state index in [-0.39, 0.29) is 12.5 Å². The second-order valence-electron chi connectivity index (χ2n) is 4.90. The van der Waals surface area contributed by atoms with Crippen molar-refractivity contribution in [1.29, 1.82) is 0 Å². The molecule has 1 fully saturated rings. The SMILES string of the molecule is CC1CCCCCN1C(=O)Cn1cc(CN)nn1. The molecule has 1 unspecified atom stereocenters. The molecule has 6 nitrogen and oxygen atoms in total. The highest BCUT2D eigenvalue weighted by Crippen LogP contribution is 2.16. The molecule has 1 aromatic heterocycles. The van der Waals surface area contributed by atoms with Gasteiger partial charge in [-0.1, -0.05) is 18.1 Å². The Morgan fingerprint density at radius 1 is 1.50 bits per heavy atom. The van der Waals surface area contributed by atoms with Crippen LogP contribution in [-0.4, -0.2) is 38.4 Å². The number of carbonyl (C=O) groups is 1. The molecule has 100 valence electrons. The number of aromatic nitrogens is 3. The standard InChI is InChI=1S/C12H21N5O/c1-10-5-3-2-4-6-17(10)12(18)9-16-8-11(7-13)14-15-16/h8,10H,2-7,9,13H2,1H3. The monoisotopic (exact) mass is 251 g/mol. The Balaban J connectivity index is 1.97. The summed E-state index contributed by atoms with van der Waals surface area (Å²) in [5.41, 5.74) is 6.18. The number of likely N-dealkylation sites (tertiary alicyclic amines) is 1. The summed E-state index contributed by atoms with van der Waals surface area (Å²) in [7, 11) is 0. The van der Waals surface area contributed by atoms with Crippen molar-refractivity contribution in [2.75, 3.05) is 6.54 Å². The van der Waals surface area contributed by atoms with E-state index in [9.17, 15) is 4.79 Å². The van der Waals surface area contributed by atoms with Gasteiger partial charge < -0.3 is 10.6 Å². The van der Waals surface area contributed by atoms with Gasteiger partial charge in [0.25, 0.3) is 0 Å². The summed E-state index contributed by atoms with van der Waals surface area (Å²) < 4.78 is 1.57. The molecular formula is C12H21N5O. The molecule has 1 amide bonds. The molecule has 2 heterocycles. The lowest BCUT2D eigenvalue weighted by Gasteiger charge is -2.27. The first kappa shape index (κ1) is 13.0. The maximum atomic E-state index is 12.2. The predicted octanol–water partition coefficient (Wildman–Crippen LogP) is 0.528. The van der Waals surface area contributed by atoms with Gasteiger partial charge >= 0.3 is 0 Å². The molecule has 0 spiro atoms. The summed E-state index contributed by atoms with van der Waals surface area (Å²) in [4.78, 5) is 14.2. The van der Waals surface area contributed by atoms with Crippen LogP contribution in [0.2, 0.25) is 0 Å². The summed E-state index contributed by atoms with van der Waals surface area (Å²) in [5.74, 6) is 0.123. The molecule has 0 radical (unpaired) electrons. The van der Waals surface area contributed by atoms with Crippen molar-refractivity contribution in [3.63, 3.8) is 0 Å². The van der Waals surface area contributed by atoms with Crippen LogP contribution in [0.3, 0.4) is 0 Å². The van der Waals surface area contributed by atoms with E-state index in [1.807, 2.05) is 4.90 Å². The van der Waals surface area contributed by atoms with Gasteiger partial charge in [-0.25, -0.2) is 4.68 Å². The van der Waals surface area contributed by atoms with Gasteiger partial charge in [-0.05, 0) is 19.8 Å². The van der Waals surface area contributed by atoms with Crippen molar-refractivity contribution < 1.29 is 4.79 Å². The minimum absolute atomic E-state index is 0.123. The number of amides is 1. The van der Waals surface area contributed by atoms with Crippen molar-refractivity contribution in [3.05, 3.63) is 11.9 Å². The lowest BCUT2D eigenvalue weighted by molar-refractivity contribution is -0.134. The first-order chi connectivity index (χ1) is 8.70. The van der Waals surface area contributed by atoms with Gasteiger partial charge in [0.15, 0.2) is 0 Å². The summed E-state index contributed by atoms with van der Waals surface area (Å²) >= 11 is 0. The van der Waals surface area contributed by atoms with Crippen LogP contribution in [0.1, 0.15) is 38.3 Å². The van der Waals surface area contributed by atoms with E-state index in [0.29, 0.717) is 18.3 Å². The molecule has 2 N–H and O–H groups in total. The third-order valence-corrected chi connectivity index (χ3v) is 3.47. The number of hydrogen-bond donors (Lipinski definition) is 1. The van der Waals surface area contributed by atoms with Crippen LogP contribution >= 0.6 is 0 Å². The van der Waals surface area contributed by atoms with E-state index < -0.39 is 0 Å². The van der Waals surface area contributed by atoms with E-state index in [0.717, 1.165) is 19.4 Å². The van der Waals surface area contributed by atoms with Gasteiger partial charge in [0.1, 0.15) is 6.54 Å². The fourth-order valence-corrected chi connectivity index (χ4v) is 2.38. The van der Waals surface area contributed by atoms with E-state index >= 15 is 0 Å². The van der Waals surface area contributed by atoms with Crippen LogP contribution in [0.25, 0.3) is 0 Å². The van der Waals surface area contributed by atoms with Gasteiger partial charge in [0, 0.05) is 19.1 Å². The molecule has 1 saturated heterocycles. The number of rotatable bonds is 3.